The molecule has 0 aromatic heterocycles. The van der Waals surface area contributed by atoms with Gasteiger partial charge in [0, 0.05) is 32.2 Å². The molecule has 0 aliphatic carbocycles. The van der Waals surface area contributed by atoms with Crippen LogP contribution in [0.2, 0.25) is 0 Å². The van der Waals surface area contributed by atoms with E-state index < -0.39 is 0 Å². The molecule has 1 aromatic rings. The molecule has 0 radical (unpaired) electrons. The van der Waals surface area contributed by atoms with Crippen molar-refractivity contribution in [3.8, 4) is 0 Å². The molecule has 2 aliphatic heterocycles. The van der Waals surface area contributed by atoms with Crippen molar-refractivity contribution >= 4 is 5.91 Å². The van der Waals surface area contributed by atoms with Gasteiger partial charge in [-0.15, -0.1) is 0 Å². The van der Waals surface area contributed by atoms with E-state index in [4.69, 9.17) is 4.74 Å². The lowest BCUT2D eigenvalue weighted by atomic mass is 9.89. The third-order valence-electron chi connectivity index (χ3n) is 4.58. The summed E-state index contributed by atoms with van der Waals surface area (Å²) in [6.07, 6.45) is 0.923. The number of hydrogen-bond acceptors (Lipinski definition) is 5. The van der Waals surface area contributed by atoms with E-state index in [0.29, 0.717) is 18.5 Å². The maximum atomic E-state index is 12.5. The summed E-state index contributed by atoms with van der Waals surface area (Å²) in [6, 6.07) is 10.1. The Bertz CT molecular complexity index is 496. The monoisotopic (exact) mass is 304 g/mol. The van der Waals surface area contributed by atoms with Crippen LogP contribution in [0.5, 0.6) is 0 Å². The zero-order valence-electron chi connectivity index (χ0n) is 12.8. The third kappa shape index (κ3) is 3.30. The third-order valence-corrected chi connectivity index (χ3v) is 4.58. The Hall–Kier alpha value is -1.47. The second kappa shape index (κ2) is 7.19. The van der Waals surface area contributed by atoms with Gasteiger partial charge in [0.05, 0.1) is 6.10 Å². The van der Waals surface area contributed by atoms with E-state index in [9.17, 15) is 4.79 Å². The number of benzene rings is 1. The lowest BCUT2D eigenvalue weighted by molar-refractivity contribution is -0.124. The fourth-order valence-electron chi connectivity index (χ4n) is 3.28. The Balaban J connectivity index is 1.55. The molecule has 2 heterocycles. The van der Waals surface area contributed by atoms with Crippen molar-refractivity contribution in [3.63, 3.8) is 0 Å². The Morgan fingerprint density at radius 2 is 2.18 bits per heavy atom. The molecule has 0 saturated carbocycles. The molecule has 6 nitrogen and oxygen atoms in total. The van der Waals surface area contributed by atoms with E-state index in [2.05, 4.69) is 21.5 Å². The molecule has 22 heavy (non-hydrogen) atoms. The Morgan fingerprint density at radius 3 is 2.95 bits per heavy atom. The molecule has 2 fully saturated rings. The van der Waals surface area contributed by atoms with Crippen molar-refractivity contribution in [1.82, 2.24) is 21.5 Å². The number of piperidine rings is 1. The minimum absolute atomic E-state index is 0.0293. The van der Waals surface area contributed by atoms with Gasteiger partial charge in [-0.3, -0.25) is 10.2 Å². The average Bonchev–Trinajstić information content (AvgIpc) is 3.00. The van der Waals surface area contributed by atoms with Gasteiger partial charge < -0.3 is 15.4 Å². The van der Waals surface area contributed by atoms with Crippen LogP contribution in [0.25, 0.3) is 0 Å². The number of hydrazine groups is 1. The van der Waals surface area contributed by atoms with E-state index in [1.807, 2.05) is 30.3 Å². The molecule has 2 saturated heterocycles. The summed E-state index contributed by atoms with van der Waals surface area (Å²) in [5.41, 5.74) is 7.45. The lowest BCUT2D eigenvalue weighted by Gasteiger charge is -2.27. The van der Waals surface area contributed by atoms with Gasteiger partial charge in [0.15, 0.2) is 0 Å². The van der Waals surface area contributed by atoms with Gasteiger partial charge in [0.2, 0.25) is 5.91 Å². The predicted molar refractivity (Wildman–Crippen MR) is 84.0 cm³/mol. The number of ether oxygens (including phenoxy) is 1. The van der Waals surface area contributed by atoms with Crippen molar-refractivity contribution in [2.24, 2.45) is 5.92 Å². The second-order valence-electron chi connectivity index (χ2n) is 5.91. The Morgan fingerprint density at radius 1 is 1.36 bits per heavy atom. The number of carbonyl (C=O) groups is 1. The first-order valence-electron chi connectivity index (χ1n) is 7.87. The van der Waals surface area contributed by atoms with Crippen molar-refractivity contribution < 1.29 is 9.53 Å². The lowest BCUT2D eigenvalue weighted by Crippen LogP contribution is -2.49. The smallest absolute Gasteiger partial charge is 0.238 e. The normalized spacial score (nSPS) is 28.9. The molecule has 4 unspecified atom stereocenters. The molecular formula is C16H24N4O2. The summed E-state index contributed by atoms with van der Waals surface area (Å²) in [6.45, 7) is 2.35. The van der Waals surface area contributed by atoms with E-state index >= 15 is 0 Å². The maximum absolute atomic E-state index is 12.5. The van der Waals surface area contributed by atoms with Crippen molar-refractivity contribution in [2.75, 3.05) is 26.7 Å². The van der Waals surface area contributed by atoms with E-state index in [1.54, 1.807) is 7.11 Å². The molecule has 2 aliphatic rings. The zero-order chi connectivity index (χ0) is 15.4. The molecule has 4 N–H and O–H groups in total. The van der Waals surface area contributed by atoms with Gasteiger partial charge in [-0.05, 0) is 18.5 Å². The number of rotatable bonds is 5. The SMILES string of the molecule is COC(CNC(=O)C1NNC2CCNCC21)c1ccccc1. The first-order chi connectivity index (χ1) is 10.8. The minimum Gasteiger partial charge on any atom is -0.375 e. The Kier molecular flexibility index (Phi) is 5.04. The summed E-state index contributed by atoms with van der Waals surface area (Å²) in [5.74, 6) is 0.327. The van der Waals surface area contributed by atoms with Gasteiger partial charge in [0.1, 0.15) is 6.04 Å². The molecule has 3 rings (SSSR count). The fourth-order valence-corrected chi connectivity index (χ4v) is 3.28. The van der Waals surface area contributed by atoms with Crippen LogP contribution in [0.15, 0.2) is 30.3 Å². The molecular weight excluding hydrogens is 280 g/mol. The van der Waals surface area contributed by atoms with Crippen LogP contribution in [0.3, 0.4) is 0 Å². The van der Waals surface area contributed by atoms with E-state index in [0.717, 1.165) is 25.1 Å². The van der Waals surface area contributed by atoms with Crippen LogP contribution in [0, 0.1) is 5.92 Å². The van der Waals surface area contributed by atoms with Crippen molar-refractivity contribution in [3.05, 3.63) is 35.9 Å². The van der Waals surface area contributed by atoms with E-state index in [-0.39, 0.29) is 18.1 Å². The summed E-state index contributed by atoms with van der Waals surface area (Å²) in [4.78, 5) is 12.5. The van der Waals surface area contributed by atoms with Gasteiger partial charge in [-0.2, -0.15) is 0 Å². The second-order valence-corrected chi connectivity index (χ2v) is 5.91. The first kappa shape index (κ1) is 15.4. The molecule has 1 amide bonds. The largest absolute Gasteiger partial charge is 0.375 e. The van der Waals surface area contributed by atoms with Crippen molar-refractivity contribution in [1.29, 1.82) is 0 Å². The van der Waals surface area contributed by atoms with Crippen molar-refractivity contribution in [2.45, 2.75) is 24.6 Å². The summed E-state index contributed by atoms with van der Waals surface area (Å²) >= 11 is 0. The van der Waals surface area contributed by atoms with Crippen LogP contribution < -0.4 is 21.5 Å². The standard InChI is InChI=1S/C16H24N4O2/c1-22-14(11-5-3-2-4-6-11)10-18-16(21)15-12-9-17-8-7-13(12)19-20-15/h2-6,12-15,17,19-20H,7-10H2,1H3,(H,18,21). The molecule has 6 heteroatoms. The summed E-state index contributed by atoms with van der Waals surface area (Å²) in [7, 11) is 1.67. The maximum Gasteiger partial charge on any atom is 0.238 e. The highest BCUT2D eigenvalue weighted by Crippen LogP contribution is 2.20. The van der Waals surface area contributed by atoms with Crippen LogP contribution >= 0.6 is 0 Å². The quantitative estimate of drug-likeness (QED) is 0.613. The zero-order valence-corrected chi connectivity index (χ0v) is 12.8. The van der Waals surface area contributed by atoms with E-state index in [1.165, 1.54) is 0 Å². The average molecular weight is 304 g/mol. The molecule has 0 spiro atoms. The number of methoxy groups -OCH3 is 1. The first-order valence-corrected chi connectivity index (χ1v) is 7.87. The number of amides is 1. The van der Waals surface area contributed by atoms with Gasteiger partial charge >= 0.3 is 0 Å². The minimum atomic E-state index is -0.189. The van der Waals surface area contributed by atoms with Crippen LogP contribution in [0.4, 0.5) is 0 Å². The fraction of sp³-hybridized carbons (Fsp3) is 0.562. The molecule has 0 bridgehead atoms. The van der Waals surface area contributed by atoms with Gasteiger partial charge in [-0.1, -0.05) is 30.3 Å². The van der Waals surface area contributed by atoms with Gasteiger partial charge in [0.25, 0.3) is 0 Å². The number of fused-ring (bicyclic) bond motifs is 1. The van der Waals surface area contributed by atoms with Crippen LogP contribution in [-0.2, 0) is 9.53 Å². The highest BCUT2D eigenvalue weighted by molar-refractivity contribution is 5.82. The molecule has 120 valence electrons. The van der Waals surface area contributed by atoms with Crippen LogP contribution in [0.1, 0.15) is 18.1 Å². The Labute approximate surface area is 131 Å². The highest BCUT2D eigenvalue weighted by atomic mass is 16.5. The number of hydrogen-bond donors (Lipinski definition) is 4. The van der Waals surface area contributed by atoms with Crippen LogP contribution in [-0.4, -0.2) is 44.7 Å². The summed E-state index contributed by atoms with van der Waals surface area (Å²) in [5, 5.41) is 6.37. The molecule has 4 atom stereocenters. The summed E-state index contributed by atoms with van der Waals surface area (Å²) < 4.78 is 5.49. The highest BCUT2D eigenvalue weighted by Gasteiger charge is 2.41. The van der Waals surface area contributed by atoms with Gasteiger partial charge in [-0.25, -0.2) is 5.43 Å². The predicted octanol–water partition coefficient (Wildman–Crippen LogP) is -0.0552. The molecule has 1 aromatic carbocycles. The number of carbonyl (C=O) groups excluding carboxylic acids is 1. The number of nitrogens with one attached hydrogen (secondary N) is 4. The topological polar surface area (TPSA) is 74.4 Å².